The maximum absolute atomic E-state index is 13.6. The first-order valence-electron chi connectivity index (χ1n) is 12.3. The molecule has 2 amide bonds. The van der Waals surface area contributed by atoms with Crippen molar-refractivity contribution in [2.45, 2.75) is 52.1 Å². The van der Waals surface area contributed by atoms with Gasteiger partial charge in [0.25, 0.3) is 5.91 Å². The molecule has 1 atom stereocenters. The second-order valence-electron chi connectivity index (χ2n) is 9.58. The van der Waals surface area contributed by atoms with Gasteiger partial charge >= 0.3 is 0 Å². The molecule has 184 valence electrons. The van der Waals surface area contributed by atoms with Gasteiger partial charge in [0.05, 0.1) is 6.04 Å². The van der Waals surface area contributed by atoms with E-state index in [9.17, 15) is 9.59 Å². The Morgan fingerprint density at radius 1 is 1.03 bits per heavy atom. The van der Waals surface area contributed by atoms with Crippen LogP contribution in [0.15, 0.2) is 66.0 Å². The van der Waals surface area contributed by atoms with Crippen LogP contribution in [0.3, 0.4) is 0 Å². The zero-order valence-corrected chi connectivity index (χ0v) is 21.8. The van der Waals surface area contributed by atoms with E-state index in [-0.39, 0.29) is 30.4 Å². The minimum atomic E-state index is -0.178. The molecule has 0 saturated heterocycles. The summed E-state index contributed by atoms with van der Waals surface area (Å²) in [7, 11) is 0. The highest BCUT2D eigenvalue weighted by molar-refractivity contribution is 7.10. The molecule has 3 aromatic rings. The van der Waals surface area contributed by atoms with E-state index >= 15 is 0 Å². The van der Waals surface area contributed by atoms with Crippen LogP contribution in [0.1, 0.15) is 66.0 Å². The van der Waals surface area contributed by atoms with E-state index in [1.54, 1.807) is 28.4 Å². The van der Waals surface area contributed by atoms with Crippen LogP contribution in [0.25, 0.3) is 0 Å². The molecule has 0 spiro atoms. The first-order valence-corrected chi connectivity index (χ1v) is 13.2. The second kappa shape index (κ2) is 11.1. The van der Waals surface area contributed by atoms with Crippen LogP contribution in [0.4, 0.5) is 0 Å². The second-order valence-corrected chi connectivity index (χ2v) is 10.6. The van der Waals surface area contributed by atoms with E-state index in [1.165, 1.54) is 10.4 Å². The quantitative estimate of drug-likeness (QED) is 0.393. The van der Waals surface area contributed by atoms with Crippen molar-refractivity contribution in [3.05, 3.63) is 87.6 Å². The van der Waals surface area contributed by atoms with Crippen molar-refractivity contribution >= 4 is 23.2 Å². The smallest absolute Gasteiger partial charge is 0.254 e. The number of carbonyl (C=O) groups excluding carboxylic acids is 2. The molecule has 0 radical (unpaired) electrons. The lowest BCUT2D eigenvalue weighted by Gasteiger charge is -2.37. The third kappa shape index (κ3) is 5.76. The fourth-order valence-electron chi connectivity index (χ4n) is 4.47. The van der Waals surface area contributed by atoms with Gasteiger partial charge < -0.3 is 14.5 Å². The highest BCUT2D eigenvalue weighted by Crippen LogP contribution is 2.34. The van der Waals surface area contributed by atoms with Gasteiger partial charge in [-0.1, -0.05) is 44.2 Å². The molecule has 2 heterocycles. The van der Waals surface area contributed by atoms with Crippen molar-refractivity contribution in [3.8, 4) is 5.75 Å². The van der Waals surface area contributed by atoms with E-state index in [2.05, 4.69) is 37.4 Å². The zero-order valence-electron chi connectivity index (χ0n) is 20.9. The van der Waals surface area contributed by atoms with Crippen molar-refractivity contribution in [2.24, 2.45) is 0 Å². The van der Waals surface area contributed by atoms with Gasteiger partial charge in [-0.15, -0.1) is 11.3 Å². The number of fused-ring (bicyclic) bond motifs is 1. The Morgan fingerprint density at radius 3 is 2.40 bits per heavy atom. The maximum atomic E-state index is 13.6. The largest absolute Gasteiger partial charge is 0.491 e. The first kappa shape index (κ1) is 25.0. The summed E-state index contributed by atoms with van der Waals surface area (Å²) in [6.45, 7) is 9.28. The summed E-state index contributed by atoms with van der Waals surface area (Å²) in [5.41, 5.74) is 3.01. The molecule has 0 N–H and O–H groups in total. The Kier molecular flexibility index (Phi) is 7.91. The Morgan fingerprint density at radius 2 is 1.74 bits per heavy atom. The topological polar surface area (TPSA) is 49.9 Å². The van der Waals surface area contributed by atoms with E-state index in [4.69, 9.17) is 4.74 Å². The van der Waals surface area contributed by atoms with Crippen molar-refractivity contribution in [1.82, 2.24) is 9.80 Å². The first-order chi connectivity index (χ1) is 16.8. The molecule has 5 nitrogen and oxygen atoms in total. The number of carbonyl (C=O) groups is 2. The number of thiophene rings is 1. The van der Waals surface area contributed by atoms with Gasteiger partial charge in [0.15, 0.2) is 0 Å². The summed E-state index contributed by atoms with van der Waals surface area (Å²) in [5.74, 6) is 1.09. The standard InChI is InChI=1S/C29H34N2O3S/c1-20(2)22-10-12-24(13-11-22)34-19-26-25-15-17-35-27(25)14-16-30(26)28(32)18-31(21(3)4)29(33)23-8-6-5-7-9-23/h5-13,15,17,20-21,26H,14,16,18-19H2,1-4H3/t26-/m1/s1. The van der Waals surface area contributed by atoms with Crippen molar-refractivity contribution in [3.63, 3.8) is 0 Å². The lowest BCUT2D eigenvalue weighted by Crippen LogP contribution is -2.49. The van der Waals surface area contributed by atoms with Crippen LogP contribution in [0, 0.1) is 0 Å². The van der Waals surface area contributed by atoms with Gasteiger partial charge in [-0.25, -0.2) is 0 Å². The van der Waals surface area contributed by atoms with E-state index in [0.29, 0.717) is 24.6 Å². The molecular formula is C29H34N2O3S. The summed E-state index contributed by atoms with van der Waals surface area (Å²) in [6, 6.07) is 19.2. The predicted molar refractivity (Wildman–Crippen MR) is 141 cm³/mol. The van der Waals surface area contributed by atoms with Gasteiger partial charge in [0, 0.05) is 23.0 Å². The van der Waals surface area contributed by atoms with Crippen LogP contribution in [0.5, 0.6) is 5.75 Å². The van der Waals surface area contributed by atoms with Gasteiger partial charge in [0.2, 0.25) is 5.91 Å². The fourth-order valence-corrected chi connectivity index (χ4v) is 5.40. The van der Waals surface area contributed by atoms with Gasteiger partial charge in [0.1, 0.15) is 18.9 Å². The molecule has 6 heteroatoms. The van der Waals surface area contributed by atoms with Gasteiger partial charge in [-0.2, -0.15) is 0 Å². The molecule has 1 aromatic heterocycles. The molecule has 0 unspecified atom stereocenters. The molecule has 1 aliphatic heterocycles. The monoisotopic (exact) mass is 490 g/mol. The summed E-state index contributed by atoms with van der Waals surface area (Å²) in [5, 5.41) is 2.09. The van der Waals surface area contributed by atoms with Crippen LogP contribution >= 0.6 is 11.3 Å². The minimum absolute atomic E-state index is 0.0461. The van der Waals surface area contributed by atoms with Crippen LogP contribution in [-0.2, 0) is 11.2 Å². The molecule has 0 fully saturated rings. The number of hydrogen-bond donors (Lipinski definition) is 0. The van der Waals surface area contributed by atoms with E-state index < -0.39 is 0 Å². The fraction of sp³-hybridized carbons (Fsp3) is 0.379. The number of rotatable bonds is 8. The predicted octanol–water partition coefficient (Wildman–Crippen LogP) is 5.93. The molecule has 1 aliphatic rings. The summed E-state index contributed by atoms with van der Waals surface area (Å²) < 4.78 is 6.19. The Balaban J connectivity index is 1.51. The molecule has 0 saturated carbocycles. The number of nitrogens with zero attached hydrogens (tertiary/aromatic N) is 2. The number of amides is 2. The van der Waals surface area contributed by atoms with Gasteiger partial charge in [-0.05, 0) is 73.0 Å². The average Bonchev–Trinajstić information content (AvgIpc) is 3.35. The number of ether oxygens (including phenoxy) is 1. The summed E-state index contributed by atoms with van der Waals surface area (Å²) >= 11 is 1.73. The van der Waals surface area contributed by atoms with Crippen LogP contribution in [-0.4, -0.2) is 47.4 Å². The SMILES string of the molecule is CC(C)c1ccc(OC[C@@H]2c3ccsc3CCN2C(=O)CN(C(=O)c2ccccc2)C(C)C)cc1. The summed E-state index contributed by atoms with van der Waals surface area (Å²) in [6.07, 6.45) is 0.826. The molecule has 0 bridgehead atoms. The molecule has 0 aliphatic carbocycles. The van der Waals surface area contributed by atoms with Gasteiger partial charge in [-0.3, -0.25) is 9.59 Å². The highest BCUT2D eigenvalue weighted by atomic mass is 32.1. The average molecular weight is 491 g/mol. The minimum Gasteiger partial charge on any atom is -0.491 e. The number of hydrogen-bond acceptors (Lipinski definition) is 4. The molecular weight excluding hydrogens is 456 g/mol. The van der Waals surface area contributed by atoms with E-state index in [1.807, 2.05) is 49.1 Å². The highest BCUT2D eigenvalue weighted by Gasteiger charge is 2.34. The number of benzene rings is 2. The van der Waals surface area contributed by atoms with Crippen molar-refractivity contribution in [1.29, 1.82) is 0 Å². The van der Waals surface area contributed by atoms with Crippen molar-refractivity contribution in [2.75, 3.05) is 19.7 Å². The maximum Gasteiger partial charge on any atom is 0.254 e. The van der Waals surface area contributed by atoms with Crippen LogP contribution in [0.2, 0.25) is 0 Å². The summed E-state index contributed by atoms with van der Waals surface area (Å²) in [4.78, 5) is 31.6. The Bertz CT molecular complexity index is 1140. The lowest BCUT2D eigenvalue weighted by atomic mass is 10.00. The normalized spacial score (nSPS) is 15.3. The Labute approximate surface area is 212 Å². The lowest BCUT2D eigenvalue weighted by molar-refractivity contribution is -0.136. The molecule has 35 heavy (non-hydrogen) atoms. The zero-order chi connectivity index (χ0) is 24.9. The van der Waals surface area contributed by atoms with Crippen molar-refractivity contribution < 1.29 is 14.3 Å². The molecule has 2 aromatic carbocycles. The Hall–Kier alpha value is -3.12. The van der Waals surface area contributed by atoms with E-state index in [0.717, 1.165) is 17.7 Å². The molecule has 4 rings (SSSR count). The van der Waals surface area contributed by atoms with Crippen LogP contribution < -0.4 is 4.74 Å². The third-order valence-electron chi connectivity index (χ3n) is 6.58. The third-order valence-corrected chi connectivity index (χ3v) is 7.58.